The molecule has 3 aliphatic carbocycles. The lowest BCUT2D eigenvalue weighted by atomic mass is 9.72. The maximum Gasteiger partial charge on any atom is 0.335 e. The first-order valence-electron chi connectivity index (χ1n) is 14.8. The van der Waals surface area contributed by atoms with Crippen LogP contribution in [0.5, 0.6) is 0 Å². The zero-order valence-corrected chi connectivity index (χ0v) is 22.3. The molecule has 3 fully saturated rings. The van der Waals surface area contributed by atoms with Crippen molar-refractivity contribution in [3.63, 3.8) is 0 Å². The molecule has 200 valence electrons. The van der Waals surface area contributed by atoms with Crippen LogP contribution in [0.3, 0.4) is 0 Å². The van der Waals surface area contributed by atoms with Gasteiger partial charge in [0.15, 0.2) is 0 Å². The van der Waals surface area contributed by atoms with E-state index >= 15 is 0 Å². The number of carboxylic acids is 1. The minimum absolute atomic E-state index is 0.0813. The number of nitrogens with zero attached hydrogens (tertiary/aromatic N) is 1. The SMILES string of the molecule is CCOC(=O)C[C@@H]1CC[C@@H](N(CC2CCCCC2)CC2CCCCC2)[C@H](c2ccc(C(=O)O)cc2)C1. The van der Waals surface area contributed by atoms with Crippen LogP contribution in [-0.2, 0) is 9.53 Å². The largest absolute Gasteiger partial charge is 0.478 e. The molecule has 0 aliphatic heterocycles. The van der Waals surface area contributed by atoms with Gasteiger partial charge in [0.05, 0.1) is 12.2 Å². The number of carboxylic acid groups (broad SMARTS) is 1. The molecule has 0 amide bonds. The number of aromatic carboxylic acids is 1. The number of hydrogen-bond donors (Lipinski definition) is 1. The zero-order chi connectivity index (χ0) is 25.3. The fraction of sp³-hybridized carbons (Fsp3) is 0.742. The van der Waals surface area contributed by atoms with Crippen molar-refractivity contribution in [3.05, 3.63) is 35.4 Å². The highest BCUT2D eigenvalue weighted by Crippen LogP contribution is 2.42. The van der Waals surface area contributed by atoms with Gasteiger partial charge >= 0.3 is 11.9 Å². The first-order valence-corrected chi connectivity index (χ1v) is 14.8. The van der Waals surface area contributed by atoms with Crippen molar-refractivity contribution in [2.75, 3.05) is 19.7 Å². The monoisotopic (exact) mass is 497 g/mol. The van der Waals surface area contributed by atoms with Crippen molar-refractivity contribution in [2.24, 2.45) is 17.8 Å². The topological polar surface area (TPSA) is 66.8 Å². The molecule has 0 saturated heterocycles. The molecule has 5 nitrogen and oxygen atoms in total. The van der Waals surface area contributed by atoms with Gasteiger partial charge in [0.25, 0.3) is 0 Å². The van der Waals surface area contributed by atoms with Crippen LogP contribution in [0.4, 0.5) is 0 Å². The zero-order valence-electron chi connectivity index (χ0n) is 22.3. The average molecular weight is 498 g/mol. The summed E-state index contributed by atoms with van der Waals surface area (Å²) in [6.45, 7) is 4.71. The summed E-state index contributed by atoms with van der Waals surface area (Å²) in [5.41, 5.74) is 1.58. The minimum Gasteiger partial charge on any atom is -0.478 e. The highest BCUT2D eigenvalue weighted by atomic mass is 16.5. The van der Waals surface area contributed by atoms with E-state index in [9.17, 15) is 14.7 Å². The Balaban J connectivity index is 1.56. The molecule has 0 spiro atoms. The quantitative estimate of drug-likeness (QED) is 0.351. The Hall–Kier alpha value is -1.88. The highest BCUT2D eigenvalue weighted by Gasteiger charge is 2.37. The normalized spacial score (nSPS) is 26.1. The van der Waals surface area contributed by atoms with Crippen molar-refractivity contribution in [1.82, 2.24) is 4.90 Å². The van der Waals surface area contributed by atoms with Gasteiger partial charge in [-0.05, 0) is 93.2 Å². The third-order valence-corrected chi connectivity index (χ3v) is 9.17. The molecule has 0 aromatic heterocycles. The Morgan fingerprint density at radius 2 is 1.42 bits per heavy atom. The lowest BCUT2D eigenvalue weighted by Crippen LogP contribution is -2.47. The average Bonchev–Trinajstić information content (AvgIpc) is 2.90. The molecule has 0 radical (unpaired) electrons. The second kappa shape index (κ2) is 13.6. The summed E-state index contributed by atoms with van der Waals surface area (Å²) < 4.78 is 5.29. The van der Waals surface area contributed by atoms with Gasteiger partial charge in [-0.25, -0.2) is 4.79 Å². The van der Waals surface area contributed by atoms with Crippen molar-refractivity contribution < 1.29 is 19.4 Å². The van der Waals surface area contributed by atoms with E-state index in [1.54, 1.807) is 12.1 Å². The predicted molar refractivity (Wildman–Crippen MR) is 143 cm³/mol. The number of benzene rings is 1. The maximum absolute atomic E-state index is 12.3. The van der Waals surface area contributed by atoms with Crippen LogP contribution < -0.4 is 0 Å². The summed E-state index contributed by atoms with van der Waals surface area (Å²) in [5, 5.41) is 9.42. The lowest BCUT2D eigenvalue weighted by Gasteiger charge is -2.46. The van der Waals surface area contributed by atoms with Gasteiger partial charge in [0, 0.05) is 25.6 Å². The number of carbonyl (C=O) groups is 2. The number of rotatable bonds is 10. The molecule has 3 atom stereocenters. The standard InChI is InChI=1S/C31H47NO4/c1-2-36-30(33)20-25-13-18-29(28(19-25)26-14-16-27(17-15-26)31(34)35)32(21-23-9-5-3-6-10-23)22-24-11-7-4-8-12-24/h14-17,23-25,28-29H,2-13,18-22H2,1H3,(H,34,35)/t25-,28+,29-/m1/s1. The van der Waals surface area contributed by atoms with E-state index in [4.69, 9.17) is 4.74 Å². The Labute approximate surface area is 218 Å². The molecule has 3 saturated carbocycles. The van der Waals surface area contributed by atoms with Crippen LogP contribution in [-0.4, -0.2) is 47.7 Å². The summed E-state index contributed by atoms with van der Waals surface area (Å²) >= 11 is 0. The van der Waals surface area contributed by atoms with E-state index in [1.807, 2.05) is 19.1 Å². The third-order valence-electron chi connectivity index (χ3n) is 9.17. The van der Waals surface area contributed by atoms with Gasteiger partial charge in [0.1, 0.15) is 0 Å². The van der Waals surface area contributed by atoms with E-state index < -0.39 is 5.97 Å². The van der Waals surface area contributed by atoms with E-state index in [-0.39, 0.29) is 5.97 Å². The van der Waals surface area contributed by atoms with Crippen molar-refractivity contribution in [1.29, 1.82) is 0 Å². The van der Waals surface area contributed by atoms with Gasteiger partial charge in [-0.15, -0.1) is 0 Å². The molecule has 36 heavy (non-hydrogen) atoms. The summed E-state index contributed by atoms with van der Waals surface area (Å²) in [6.07, 6.45) is 17.3. The van der Waals surface area contributed by atoms with Gasteiger partial charge in [-0.3, -0.25) is 9.69 Å². The molecule has 3 aliphatic rings. The molecule has 0 unspecified atom stereocenters. The predicted octanol–water partition coefficient (Wildman–Crippen LogP) is 7.05. The summed E-state index contributed by atoms with van der Waals surface area (Å²) in [4.78, 5) is 26.7. The Bertz CT molecular complexity index is 805. The molecule has 4 rings (SSSR count). The number of esters is 1. The summed E-state index contributed by atoms with van der Waals surface area (Å²) in [5.74, 6) is 1.30. The van der Waals surface area contributed by atoms with E-state index in [0.29, 0.717) is 36.5 Å². The third kappa shape index (κ3) is 7.57. The second-order valence-corrected chi connectivity index (χ2v) is 11.8. The van der Waals surface area contributed by atoms with Crippen molar-refractivity contribution >= 4 is 11.9 Å². The molecule has 0 heterocycles. The van der Waals surface area contributed by atoms with Crippen LogP contribution in [0.2, 0.25) is 0 Å². The van der Waals surface area contributed by atoms with Crippen LogP contribution in [0.1, 0.15) is 119 Å². The van der Waals surface area contributed by atoms with Gasteiger partial charge < -0.3 is 9.84 Å². The number of ether oxygens (including phenoxy) is 1. The molecule has 1 N–H and O–H groups in total. The number of carbonyl (C=O) groups excluding carboxylic acids is 1. The number of hydrogen-bond acceptors (Lipinski definition) is 4. The van der Waals surface area contributed by atoms with Crippen LogP contribution in [0.15, 0.2) is 24.3 Å². The van der Waals surface area contributed by atoms with E-state index in [2.05, 4.69) is 4.90 Å². The van der Waals surface area contributed by atoms with E-state index in [0.717, 1.165) is 31.1 Å². The summed E-state index contributed by atoms with van der Waals surface area (Å²) in [6, 6.07) is 8.05. The molecule has 0 bridgehead atoms. The van der Waals surface area contributed by atoms with Crippen molar-refractivity contribution in [3.8, 4) is 0 Å². The highest BCUT2D eigenvalue weighted by molar-refractivity contribution is 5.87. The van der Waals surface area contributed by atoms with Gasteiger partial charge in [-0.2, -0.15) is 0 Å². The fourth-order valence-corrected chi connectivity index (χ4v) is 7.30. The van der Waals surface area contributed by atoms with Crippen LogP contribution in [0, 0.1) is 17.8 Å². The fourth-order valence-electron chi connectivity index (χ4n) is 7.30. The van der Waals surface area contributed by atoms with Gasteiger partial charge in [0.2, 0.25) is 0 Å². The molecule has 1 aromatic carbocycles. The molecular formula is C31H47NO4. The first kappa shape index (κ1) is 27.2. The molecular weight excluding hydrogens is 450 g/mol. The minimum atomic E-state index is -0.877. The Kier molecular flexibility index (Phi) is 10.3. The first-order chi connectivity index (χ1) is 17.5. The van der Waals surface area contributed by atoms with E-state index in [1.165, 1.54) is 82.9 Å². The Morgan fingerprint density at radius 3 is 1.94 bits per heavy atom. The smallest absolute Gasteiger partial charge is 0.335 e. The van der Waals surface area contributed by atoms with Crippen molar-refractivity contribution in [2.45, 2.75) is 109 Å². The van der Waals surface area contributed by atoms with Crippen LogP contribution in [0.25, 0.3) is 0 Å². The lowest BCUT2D eigenvalue weighted by molar-refractivity contribution is -0.144. The molecule has 1 aromatic rings. The Morgan fingerprint density at radius 1 is 0.833 bits per heavy atom. The van der Waals surface area contributed by atoms with Gasteiger partial charge in [-0.1, -0.05) is 50.7 Å². The molecule has 5 heteroatoms. The summed E-state index contributed by atoms with van der Waals surface area (Å²) in [7, 11) is 0. The van der Waals surface area contributed by atoms with Crippen LogP contribution >= 0.6 is 0 Å². The maximum atomic E-state index is 12.3. The second-order valence-electron chi connectivity index (χ2n) is 11.8.